The Kier molecular flexibility index (Phi) is 2.60. The minimum Gasteiger partial charge on any atom is -0.379 e. The van der Waals surface area contributed by atoms with Gasteiger partial charge in [-0.3, -0.25) is 0 Å². The summed E-state index contributed by atoms with van der Waals surface area (Å²) in [5.41, 5.74) is 7.04. The van der Waals surface area contributed by atoms with Crippen LogP contribution in [-0.2, 0) is 16.6 Å². The molecule has 3 nitrogen and oxygen atoms in total. The molecule has 1 aromatic rings. The quantitative estimate of drug-likeness (QED) is 0.820. The Morgan fingerprint density at radius 2 is 2.29 bits per heavy atom. The Morgan fingerprint density at radius 3 is 2.64 bits per heavy atom. The molecule has 1 aliphatic rings. The molecule has 0 amide bonds. The molecule has 0 aromatic carbocycles. The molecule has 0 radical (unpaired) electrons. The highest BCUT2D eigenvalue weighted by molar-refractivity contribution is 7.11. The van der Waals surface area contributed by atoms with E-state index in [0.717, 1.165) is 25.3 Å². The molecule has 0 bridgehead atoms. The molecule has 0 aliphatic carbocycles. The number of aryl methyl sites for hydroxylation is 2. The fourth-order valence-electron chi connectivity index (χ4n) is 1.79. The summed E-state index contributed by atoms with van der Waals surface area (Å²) in [5.74, 6) is 0. The van der Waals surface area contributed by atoms with Gasteiger partial charge in [0.1, 0.15) is 0 Å². The van der Waals surface area contributed by atoms with E-state index in [9.17, 15) is 0 Å². The van der Waals surface area contributed by atoms with Gasteiger partial charge in [0.2, 0.25) is 0 Å². The summed E-state index contributed by atoms with van der Waals surface area (Å²) < 4.78 is 5.28. The third-order valence-corrected chi connectivity index (χ3v) is 4.32. The zero-order valence-corrected chi connectivity index (χ0v) is 9.49. The van der Waals surface area contributed by atoms with Gasteiger partial charge in [-0.1, -0.05) is 6.92 Å². The molecule has 2 heterocycles. The molecule has 0 saturated carbocycles. The van der Waals surface area contributed by atoms with Gasteiger partial charge in [0.25, 0.3) is 0 Å². The predicted molar refractivity (Wildman–Crippen MR) is 57.8 cm³/mol. The molecule has 1 aliphatic heterocycles. The zero-order chi connectivity index (χ0) is 10.2. The maximum absolute atomic E-state index is 5.82. The molecule has 78 valence electrons. The monoisotopic (exact) mass is 212 g/mol. The normalized spacial score (nSPS) is 19.4. The van der Waals surface area contributed by atoms with Gasteiger partial charge >= 0.3 is 0 Å². The maximum atomic E-state index is 5.82. The van der Waals surface area contributed by atoms with Crippen LogP contribution in [0.4, 0.5) is 0 Å². The fraction of sp³-hybridized carbons (Fsp3) is 0.700. The first kappa shape index (κ1) is 10.1. The molecule has 0 atom stereocenters. The zero-order valence-electron chi connectivity index (χ0n) is 8.67. The first-order chi connectivity index (χ1) is 6.72. The van der Waals surface area contributed by atoms with Crippen LogP contribution in [0.5, 0.6) is 0 Å². The Hall–Kier alpha value is -0.450. The topological polar surface area (TPSA) is 48.1 Å². The van der Waals surface area contributed by atoms with E-state index in [1.807, 2.05) is 0 Å². The van der Waals surface area contributed by atoms with Crippen molar-refractivity contribution in [3.05, 3.63) is 15.6 Å². The van der Waals surface area contributed by atoms with Gasteiger partial charge in [-0.2, -0.15) is 0 Å². The molecule has 4 heteroatoms. The SMILES string of the molecule is CCc1nc(C)c(C2(CN)COC2)s1. The maximum Gasteiger partial charge on any atom is 0.0928 e. The van der Waals surface area contributed by atoms with Crippen molar-refractivity contribution in [2.75, 3.05) is 19.8 Å². The minimum atomic E-state index is 0.0785. The lowest BCUT2D eigenvalue weighted by atomic mass is 9.84. The van der Waals surface area contributed by atoms with Crippen molar-refractivity contribution in [3.63, 3.8) is 0 Å². The number of aromatic nitrogens is 1. The number of nitrogens with two attached hydrogens (primary N) is 1. The highest BCUT2D eigenvalue weighted by atomic mass is 32.1. The number of hydrogen-bond acceptors (Lipinski definition) is 4. The first-order valence-electron chi connectivity index (χ1n) is 4.96. The van der Waals surface area contributed by atoms with Crippen molar-refractivity contribution in [1.29, 1.82) is 0 Å². The van der Waals surface area contributed by atoms with Gasteiger partial charge in [0.15, 0.2) is 0 Å². The van der Waals surface area contributed by atoms with E-state index in [-0.39, 0.29) is 5.41 Å². The van der Waals surface area contributed by atoms with Crippen LogP contribution in [0.15, 0.2) is 0 Å². The molecule has 2 rings (SSSR count). The predicted octanol–water partition coefficient (Wildman–Crippen LogP) is 1.24. The Labute approximate surface area is 88.3 Å². The van der Waals surface area contributed by atoms with Gasteiger partial charge in [-0.25, -0.2) is 4.98 Å². The highest BCUT2D eigenvalue weighted by Gasteiger charge is 2.41. The van der Waals surface area contributed by atoms with Crippen molar-refractivity contribution in [3.8, 4) is 0 Å². The van der Waals surface area contributed by atoms with Crippen LogP contribution >= 0.6 is 11.3 Å². The summed E-state index contributed by atoms with van der Waals surface area (Å²) in [4.78, 5) is 5.87. The van der Waals surface area contributed by atoms with Gasteiger partial charge < -0.3 is 10.5 Å². The second-order valence-corrected chi connectivity index (χ2v) is 4.94. The van der Waals surface area contributed by atoms with Gasteiger partial charge in [0.05, 0.1) is 29.3 Å². The largest absolute Gasteiger partial charge is 0.379 e. The lowest BCUT2D eigenvalue weighted by Gasteiger charge is -2.39. The Bertz CT molecular complexity index is 325. The van der Waals surface area contributed by atoms with Gasteiger partial charge in [0, 0.05) is 11.4 Å². The first-order valence-corrected chi connectivity index (χ1v) is 5.78. The van der Waals surface area contributed by atoms with Crippen molar-refractivity contribution >= 4 is 11.3 Å². The van der Waals surface area contributed by atoms with E-state index in [1.54, 1.807) is 11.3 Å². The van der Waals surface area contributed by atoms with E-state index >= 15 is 0 Å². The van der Waals surface area contributed by atoms with Crippen LogP contribution in [0.1, 0.15) is 22.5 Å². The number of nitrogens with zero attached hydrogens (tertiary/aromatic N) is 1. The standard InChI is InChI=1S/C10H16N2OS/c1-3-8-12-7(2)9(14-8)10(4-11)5-13-6-10/h3-6,11H2,1-2H3. The number of ether oxygens (including phenoxy) is 1. The summed E-state index contributed by atoms with van der Waals surface area (Å²) in [6, 6.07) is 0. The van der Waals surface area contributed by atoms with Crippen LogP contribution in [0.2, 0.25) is 0 Å². The number of hydrogen-bond donors (Lipinski definition) is 1. The van der Waals surface area contributed by atoms with Crippen molar-refractivity contribution < 1.29 is 4.74 Å². The summed E-state index contributed by atoms with van der Waals surface area (Å²) in [7, 11) is 0. The van der Waals surface area contributed by atoms with E-state index in [4.69, 9.17) is 10.5 Å². The molecule has 14 heavy (non-hydrogen) atoms. The average molecular weight is 212 g/mol. The smallest absolute Gasteiger partial charge is 0.0928 e. The molecule has 2 N–H and O–H groups in total. The van der Waals surface area contributed by atoms with Crippen LogP contribution < -0.4 is 5.73 Å². The van der Waals surface area contributed by atoms with Crippen molar-refractivity contribution in [2.45, 2.75) is 25.7 Å². The van der Waals surface area contributed by atoms with Crippen LogP contribution in [-0.4, -0.2) is 24.7 Å². The lowest BCUT2D eigenvalue weighted by molar-refractivity contribution is -0.0535. The third kappa shape index (κ3) is 1.38. The highest BCUT2D eigenvalue weighted by Crippen LogP contribution is 2.37. The van der Waals surface area contributed by atoms with Crippen LogP contribution in [0, 0.1) is 6.92 Å². The van der Waals surface area contributed by atoms with Crippen LogP contribution in [0.25, 0.3) is 0 Å². The van der Waals surface area contributed by atoms with Crippen molar-refractivity contribution in [2.24, 2.45) is 5.73 Å². The molecular weight excluding hydrogens is 196 g/mol. The molecule has 0 unspecified atom stereocenters. The van der Waals surface area contributed by atoms with Gasteiger partial charge in [-0.15, -0.1) is 11.3 Å². The van der Waals surface area contributed by atoms with E-state index < -0.39 is 0 Å². The Balaban J connectivity index is 2.34. The second kappa shape index (κ2) is 3.61. The van der Waals surface area contributed by atoms with Crippen molar-refractivity contribution in [1.82, 2.24) is 4.98 Å². The molecular formula is C10H16N2OS. The van der Waals surface area contributed by atoms with E-state index in [0.29, 0.717) is 6.54 Å². The second-order valence-electron chi connectivity index (χ2n) is 3.85. The summed E-state index contributed by atoms with van der Waals surface area (Å²) in [5, 5.41) is 1.21. The number of thiazole rings is 1. The molecule has 0 spiro atoms. The number of rotatable bonds is 3. The summed E-state index contributed by atoms with van der Waals surface area (Å²) in [6.07, 6.45) is 1.01. The van der Waals surface area contributed by atoms with Gasteiger partial charge in [-0.05, 0) is 13.3 Å². The summed E-state index contributed by atoms with van der Waals surface area (Å²) >= 11 is 1.80. The molecule has 1 saturated heterocycles. The summed E-state index contributed by atoms with van der Waals surface area (Å²) in [6.45, 7) is 6.39. The van der Waals surface area contributed by atoms with Crippen LogP contribution in [0.3, 0.4) is 0 Å². The Morgan fingerprint density at radius 1 is 1.57 bits per heavy atom. The molecule has 1 fully saturated rings. The fourth-order valence-corrected chi connectivity index (χ4v) is 2.96. The minimum absolute atomic E-state index is 0.0785. The third-order valence-electron chi connectivity index (χ3n) is 2.77. The van der Waals surface area contributed by atoms with E-state index in [1.165, 1.54) is 9.88 Å². The molecule has 1 aromatic heterocycles. The van der Waals surface area contributed by atoms with E-state index in [2.05, 4.69) is 18.8 Å². The average Bonchev–Trinajstić information content (AvgIpc) is 2.48. The lowest BCUT2D eigenvalue weighted by Crippen LogP contribution is -2.52.